The molecule has 0 bridgehead atoms. The summed E-state index contributed by atoms with van der Waals surface area (Å²) >= 11 is 1.63. The molecular weight excluding hydrogens is 302 g/mol. The van der Waals surface area contributed by atoms with Crippen molar-refractivity contribution >= 4 is 23.6 Å². The van der Waals surface area contributed by atoms with Crippen molar-refractivity contribution in [3.63, 3.8) is 0 Å². The fourth-order valence-electron chi connectivity index (χ4n) is 2.51. The molecule has 2 atom stereocenters. The van der Waals surface area contributed by atoms with Crippen LogP contribution in [0.5, 0.6) is 0 Å². The minimum Gasteiger partial charge on any atom is -0.371 e. The maximum Gasteiger partial charge on any atom is 0.328 e. The van der Waals surface area contributed by atoms with Crippen LogP contribution in [0.3, 0.4) is 0 Å². The van der Waals surface area contributed by atoms with Crippen molar-refractivity contribution in [3.8, 4) is 0 Å². The summed E-state index contributed by atoms with van der Waals surface area (Å²) in [6.45, 7) is 10.0. The van der Waals surface area contributed by atoms with E-state index < -0.39 is 6.23 Å². The summed E-state index contributed by atoms with van der Waals surface area (Å²) in [5.41, 5.74) is 0. The van der Waals surface area contributed by atoms with E-state index in [1.807, 2.05) is 27.0 Å². The van der Waals surface area contributed by atoms with Crippen LogP contribution in [-0.4, -0.2) is 46.3 Å². The first-order chi connectivity index (χ1) is 10.4. The van der Waals surface area contributed by atoms with Gasteiger partial charge in [0.15, 0.2) is 17.8 Å². The van der Waals surface area contributed by atoms with Crippen molar-refractivity contribution < 1.29 is 14.4 Å². The van der Waals surface area contributed by atoms with Crippen molar-refractivity contribution in [2.45, 2.75) is 44.2 Å². The van der Waals surface area contributed by atoms with Gasteiger partial charge in [-0.15, -0.1) is 6.58 Å². The molecule has 0 aromatic carbocycles. The Morgan fingerprint density at radius 3 is 2.82 bits per heavy atom. The monoisotopic (exact) mass is 325 g/mol. The minimum atomic E-state index is -0.937. The van der Waals surface area contributed by atoms with Crippen molar-refractivity contribution in [3.05, 3.63) is 24.5 Å². The first kappa shape index (κ1) is 16.9. The van der Waals surface area contributed by atoms with Crippen molar-refractivity contribution in [2.75, 3.05) is 17.7 Å². The minimum absolute atomic E-state index is 0.246. The second-order valence-corrected chi connectivity index (χ2v) is 7.18. The van der Waals surface area contributed by atoms with E-state index in [1.165, 1.54) is 4.90 Å². The number of hydrogen-bond donors (Lipinski definition) is 1. The predicted octanol–water partition coefficient (Wildman–Crippen LogP) is 2.80. The van der Waals surface area contributed by atoms with Crippen LogP contribution in [0.2, 0.25) is 0 Å². The van der Waals surface area contributed by atoms with Crippen LogP contribution in [0.15, 0.2) is 23.2 Å². The zero-order valence-corrected chi connectivity index (χ0v) is 14.3. The molecule has 6 nitrogen and oxygen atoms in total. The predicted molar refractivity (Wildman–Crippen MR) is 87.9 cm³/mol. The lowest BCUT2D eigenvalue weighted by Crippen LogP contribution is -2.36. The van der Waals surface area contributed by atoms with Gasteiger partial charge in [-0.05, 0) is 26.5 Å². The summed E-state index contributed by atoms with van der Waals surface area (Å²) in [6, 6.07) is 1.17. The quantitative estimate of drug-likeness (QED) is 0.815. The number of aliphatic hydroxyl groups is 1. The van der Waals surface area contributed by atoms with Gasteiger partial charge in [-0.2, -0.15) is 11.8 Å². The van der Waals surface area contributed by atoms with Gasteiger partial charge < -0.3 is 14.5 Å². The molecule has 1 aromatic heterocycles. The Bertz CT molecular complexity index is 558. The third-order valence-corrected chi connectivity index (χ3v) is 5.27. The second kappa shape index (κ2) is 6.34. The van der Waals surface area contributed by atoms with E-state index in [0.717, 1.165) is 0 Å². The maximum absolute atomic E-state index is 12.6. The molecule has 1 fully saturated rings. The zero-order chi connectivity index (χ0) is 16.5. The number of urea groups is 1. The summed E-state index contributed by atoms with van der Waals surface area (Å²) in [4.78, 5) is 15.5. The largest absolute Gasteiger partial charge is 0.371 e. The Labute approximate surface area is 135 Å². The molecule has 0 saturated carbocycles. The van der Waals surface area contributed by atoms with E-state index in [1.54, 1.807) is 28.8 Å². The van der Waals surface area contributed by atoms with Crippen molar-refractivity contribution in [1.29, 1.82) is 0 Å². The Morgan fingerprint density at radius 2 is 2.27 bits per heavy atom. The maximum atomic E-state index is 12.6. The molecule has 22 heavy (non-hydrogen) atoms. The molecule has 2 unspecified atom stereocenters. The molecule has 2 rings (SSSR count). The summed E-state index contributed by atoms with van der Waals surface area (Å²) in [5, 5.41) is 14.5. The van der Waals surface area contributed by atoms with Gasteiger partial charge >= 0.3 is 6.03 Å². The van der Waals surface area contributed by atoms with Crippen LogP contribution in [0.4, 0.5) is 10.6 Å². The number of amides is 2. The summed E-state index contributed by atoms with van der Waals surface area (Å²) in [7, 11) is 0. The molecule has 0 radical (unpaired) electrons. The third kappa shape index (κ3) is 2.75. The molecule has 2 heterocycles. The molecule has 122 valence electrons. The van der Waals surface area contributed by atoms with Gasteiger partial charge in [0, 0.05) is 12.6 Å². The van der Waals surface area contributed by atoms with E-state index in [0.29, 0.717) is 24.5 Å². The average molecular weight is 325 g/mol. The van der Waals surface area contributed by atoms with Crippen LogP contribution in [0.1, 0.15) is 33.0 Å². The number of thioether (sulfide) groups is 1. The summed E-state index contributed by atoms with van der Waals surface area (Å²) in [6.07, 6.45) is 3.35. The number of aromatic nitrogens is 1. The highest BCUT2D eigenvalue weighted by atomic mass is 32.2. The average Bonchev–Trinajstić information content (AvgIpc) is 3.04. The molecule has 1 saturated heterocycles. The molecule has 0 spiro atoms. The highest BCUT2D eigenvalue weighted by Crippen LogP contribution is 2.37. The topological polar surface area (TPSA) is 69.8 Å². The zero-order valence-electron chi connectivity index (χ0n) is 13.4. The Morgan fingerprint density at radius 1 is 1.59 bits per heavy atom. The smallest absolute Gasteiger partial charge is 0.328 e. The van der Waals surface area contributed by atoms with Gasteiger partial charge in [0.1, 0.15) is 0 Å². The van der Waals surface area contributed by atoms with Gasteiger partial charge in [-0.1, -0.05) is 18.2 Å². The van der Waals surface area contributed by atoms with Gasteiger partial charge in [0.25, 0.3) is 0 Å². The summed E-state index contributed by atoms with van der Waals surface area (Å²) < 4.78 is 5.13. The van der Waals surface area contributed by atoms with Crippen molar-refractivity contribution in [2.24, 2.45) is 0 Å². The molecule has 1 N–H and O–H groups in total. The lowest BCUT2D eigenvalue weighted by Gasteiger charge is -2.21. The fraction of sp³-hybridized carbons (Fsp3) is 0.600. The van der Waals surface area contributed by atoms with Crippen LogP contribution >= 0.6 is 11.8 Å². The molecule has 2 amide bonds. The molecule has 1 aromatic rings. The number of nitrogens with zero attached hydrogens (tertiary/aromatic N) is 3. The standard InChI is InChI=1S/C15H23N3O3S/c1-6-8-17-10(7-2)13(19)18(14(17)20)12-9-11(21-16-12)15(3,4)22-5/h6,9-10,13,19H,1,7-8H2,2-5H3. The van der Waals surface area contributed by atoms with Gasteiger partial charge in [-0.25, -0.2) is 9.69 Å². The first-order valence-electron chi connectivity index (χ1n) is 7.28. The highest BCUT2D eigenvalue weighted by Gasteiger charge is 2.45. The van der Waals surface area contributed by atoms with E-state index >= 15 is 0 Å². The van der Waals surface area contributed by atoms with Gasteiger partial charge in [0.05, 0.1) is 10.8 Å². The Kier molecular flexibility index (Phi) is 4.87. The SMILES string of the molecule is C=CCN1C(=O)N(c2cc(C(C)(C)SC)on2)C(O)C1CC. The van der Waals surface area contributed by atoms with Crippen molar-refractivity contribution in [1.82, 2.24) is 10.1 Å². The normalized spacial score (nSPS) is 22.5. The number of hydrogen-bond acceptors (Lipinski definition) is 5. The van der Waals surface area contributed by atoms with E-state index in [-0.39, 0.29) is 16.8 Å². The highest BCUT2D eigenvalue weighted by molar-refractivity contribution is 7.99. The molecule has 0 aliphatic carbocycles. The van der Waals surface area contributed by atoms with E-state index in [4.69, 9.17) is 4.52 Å². The molecule has 1 aliphatic heterocycles. The lowest BCUT2D eigenvalue weighted by atomic mass is 10.1. The molecule has 7 heteroatoms. The van der Waals surface area contributed by atoms with E-state index in [2.05, 4.69) is 11.7 Å². The van der Waals surface area contributed by atoms with Crippen LogP contribution in [-0.2, 0) is 4.75 Å². The van der Waals surface area contributed by atoms with Crippen LogP contribution < -0.4 is 4.90 Å². The first-order valence-corrected chi connectivity index (χ1v) is 8.51. The Hall–Kier alpha value is -1.47. The van der Waals surface area contributed by atoms with Gasteiger partial charge in [-0.3, -0.25) is 0 Å². The molecule has 1 aliphatic rings. The van der Waals surface area contributed by atoms with Gasteiger partial charge in [0.2, 0.25) is 0 Å². The number of aliphatic hydroxyl groups excluding tert-OH is 1. The van der Waals surface area contributed by atoms with Crippen LogP contribution in [0, 0.1) is 0 Å². The van der Waals surface area contributed by atoms with Crippen LogP contribution in [0.25, 0.3) is 0 Å². The number of anilines is 1. The number of rotatable bonds is 6. The third-order valence-electron chi connectivity index (χ3n) is 4.05. The Balaban J connectivity index is 2.32. The molecular formula is C15H23N3O3S. The number of carbonyl (C=O) groups excluding carboxylic acids is 1. The van der Waals surface area contributed by atoms with E-state index in [9.17, 15) is 9.90 Å². The fourth-order valence-corrected chi connectivity index (χ4v) is 2.80. The number of carbonyl (C=O) groups is 1. The lowest BCUT2D eigenvalue weighted by molar-refractivity contribution is 0.120. The summed E-state index contributed by atoms with van der Waals surface area (Å²) in [5.74, 6) is 1.02. The second-order valence-electron chi connectivity index (χ2n) is 5.75.